The van der Waals surface area contributed by atoms with Gasteiger partial charge in [-0.05, 0) is 29.3 Å². The standard InChI is InChI=1S/C28H22N2O3S2/c1-35(32,33)24-14-12-20(13-15-24)16-23(31)19-34-28-26(18-29)25(21-8-4-2-5-9-21)17-27(30-28)22-10-6-3-7-11-22/h2-15,17H,16,19H2,1H3. The summed E-state index contributed by atoms with van der Waals surface area (Å²) in [7, 11) is -3.28. The van der Waals surface area contributed by atoms with Gasteiger partial charge in [0.05, 0.1) is 21.9 Å². The van der Waals surface area contributed by atoms with E-state index in [9.17, 15) is 18.5 Å². The van der Waals surface area contributed by atoms with E-state index in [0.29, 0.717) is 10.6 Å². The van der Waals surface area contributed by atoms with Gasteiger partial charge < -0.3 is 0 Å². The van der Waals surface area contributed by atoms with Gasteiger partial charge in [-0.15, -0.1) is 0 Å². The molecule has 0 unspecified atom stereocenters. The van der Waals surface area contributed by atoms with E-state index in [1.165, 1.54) is 23.9 Å². The molecule has 0 saturated carbocycles. The molecule has 0 amide bonds. The molecule has 0 bridgehead atoms. The Bertz CT molecular complexity index is 1490. The molecule has 1 aromatic heterocycles. The second-order valence-electron chi connectivity index (χ2n) is 8.00. The molecule has 174 valence electrons. The van der Waals surface area contributed by atoms with Crippen LogP contribution in [0.5, 0.6) is 0 Å². The molecule has 35 heavy (non-hydrogen) atoms. The van der Waals surface area contributed by atoms with Crippen molar-refractivity contribution in [2.45, 2.75) is 16.3 Å². The highest BCUT2D eigenvalue weighted by Gasteiger charge is 2.17. The third kappa shape index (κ3) is 6.04. The minimum Gasteiger partial charge on any atom is -0.298 e. The topological polar surface area (TPSA) is 87.9 Å². The Morgan fingerprint density at radius 2 is 1.51 bits per heavy atom. The zero-order chi connectivity index (χ0) is 24.8. The Kier molecular flexibility index (Phi) is 7.45. The maximum Gasteiger partial charge on any atom is 0.175 e. The Morgan fingerprint density at radius 1 is 0.914 bits per heavy atom. The van der Waals surface area contributed by atoms with E-state index in [4.69, 9.17) is 4.98 Å². The summed E-state index contributed by atoms with van der Waals surface area (Å²) in [4.78, 5) is 17.7. The molecule has 7 heteroatoms. The van der Waals surface area contributed by atoms with Crippen molar-refractivity contribution in [3.05, 3.63) is 102 Å². The van der Waals surface area contributed by atoms with Crippen molar-refractivity contribution >= 4 is 27.4 Å². The lowest BCUT2D eigenvalue weighted by Gasteiger charge is -2.12. The van der Waals surface area contributed by atoms with Crippen LogP contribution in [-0.2, 0) is 21.1 Å². The highest BCUT2D eigenvalue weighted by Crippen LogP contribution is 2.34. The van der Waals surface area contributed by atoms with Crippen LogP contribution in [0.15, 0.2) is 101 Å². The summed E-state index contributed by atoms with van der Waals surface area (Å²) in [5, 5.41) is 10.5. The molecular weight excluding hydrogens is 476 g/mol. The van der Waals surface area contributed by atoms with Crippen LogP contribution in [0.3, 0.4) is 0 Å². The van der Waals surface area contributed by atoms with Crippen molar-refractivity contribution in [1.82, 2.24) is 4.98 Å². The normalized spacial score (nSPS) is 11.1. The molecular formula is C28H22N2O3S2. The lowest BCUT2D eigenvalue weighted by molar-refractivity contribution is -0.116. The first kappa shape index (κ1) is 24.4. The third-order valence-electron chi connectivity index (χ3n) is 5.38. The molecule has 0 aliphatic carbocycles. The number of aromatic nitrogens is 1. The van der Waals surface area contributed by atoms with E-state index < -0.39 is 9.84 Å². The summed E-state index contributed by atoms with van der Waals surface area (Å²) in [5.41, 5.74) is 4.50. The highest BCUT2D eigenvalue weighted by molar-refractivity contribution is 8.00. The monoisotopic (exact) mass is 498 g/mol. The van der Waals surface area contributed by atoms with Crippen LogP contribution in [0.4, 0.5) is 0 Å². The maximum atomic E-state index is 12.7. The summed E-state index contributed by atoms with van der Waals surface area (Å²) in [6, 6.07) is 29.9. The number of hydrogen-bond acceptors (Lipinski definition) is 6. The molecule has 4 rings (SSSR count). The number of nitriles is 1. The van der Waals surface area contributed by atoms with Gasteiger partial charge in [-0.1, -0.05) is 84.6 Å². The average molecular weight is 499 g/mol. The van der Waals surface area contributed by atoms with Crippen molar-refractivity contribution in [3.8, 4) is 28.5 Å². The number of carbonyl (C=O) groups is 1. The van der Waals surface area contributed by atoms with Crippen LogP contribution in [-0.4, -0.2) is 31.2 Å². The number of benzene rings is 3. The van der Waals surface area contributed by atoms with E-state index in [1.807, 2.05) is 66.7 Å². The molecule has 4 aromatic rings. The molecule has 0 aliphatic rings. The molecule has 0 saturated heterocycles. The van der Waals surface area contributed by atoms with Crippen LogP contribution < -0.4 is 0 Å². The van der Waals surface area contributed by atoms with Gasteiger partial charge in [-0.25, -0.2) is 13.4 Å². The SMILES string of the molecule is CS(=O)(=O)c1ccc(CC(=O)CSc2nc(-c3ccccc3)cc(-c3ccccc3)c2C#N)cc1. The predicted molar refractivity (Wildman–Crippen MR) is 139 cm³/mol. The highest BCUT2D eigenvalue weighted by atomic mass is 32.2. The van der Waals surface area contributed by atoms with E-state index >= 15 is 0 Å². The van der Waals surface area contributed by atoms with Crippen LogP contribution in [0, 0.1) is 11.3 Å². The smallest absolute Gasteiger partial charge is 0.175 e. The largest absolute Gasteiger partial charge is 0.298 e. The number of pyridine rings is 1. The number of sulfone groups is 1. The molecule has 1 heterocycles. The first-order valence-corrected chi connectivity index (χ1v) is 13.7. The number of rotatable bonds is 8. The molecule has 0 fully saturated rings. The predicted octanol–water partition coefficient (Wildman–Crippen LogP) is 5.59. The van der Waals surface area contributed by atoms with Gasteiger partial charge in [0.25, 0.3) is 0 Å². The van der Waals surface area contributed by atoms with Crippen LogP contribution >= 0.6 is 11.8 Å². The minimum absolute atomic E-state index is 0.0424. The van der Waals surface area contributed by atoms with Crippen LogP contribution in [0.25, 0.3) is 22.4 Å². The molecule has 0 atom stereocenters. The number of Topliss-reactive ketones (excluding diaryl/α,β-unsaturated/α-hetero) is 1. The second-order valence-corrected chi connectivity index (χ2v) is 11.0. The summed E-state index contributed by atoms with van der Waals surface area (Å²) in [5.74, 6) is 0.0984. The van der Waals surface area contributed by atoms with E-state index in [1.54, 1.807) is 12.1 Å². The maximum absolute atomic E-state index is 12.7. The third-order valence-corrected chi connectivity index (χ3v) is 7.54. The molecule has 0 N–H and O–H groups in total. The fourth-order valence-electron chi connectivity index (χ4n) is 3.62. The van der Waals surface area contributed by atoms with Crippen molar-refractivity contribution in [2.75, 3.05) is 12.0 Å². The zero-order valence-corrected chi connectivity index (χ0v) is 20.6. The average Bonchev–Trinajstić information content (AvgIpc) is 2.87. The lowest BCUT2D eigenvalue weighted by atomic mass is 9.99. The summed E-state index contributed by atoms with van der Waals surface area (Å²) in [6.45, 7) is 0. The number of carbonyl (C=O) groups excluding carboxylic acids is 1. The molecule has 0 aliphatic heterocycles. The number of hydrogen-bond donors (Lipinski definition) is 0. The quantitative estimate of drug-likeness (QED) is 0.294. The summed E-state index contributed by atoms with van der Waals surface area (Å²) < 4.78 is 23.3. The fraction of sp³-hybridized carbons (Fsp3) is 0.107. The number of nitrogens with zero attached hydrogens (tertiary/aromatic N) is 2. The van der Waals surface area contributed by atoms with Gasteiger partial charge in [0.15, 0.2) is 9.84 Å². The summed E-state index contributed by atoms with van der Waals surface area (Å²) in [6.07, 6.45) is 1.32. The molecule has 3 aromatic carbocycles. The minimum atomic E-state index is -3.28. The van der Waals surface area contributed by atoms with Crippen molar-refractivity contribution in [1.29, 1.82) is 5.26 Å². The Hall–Kier alpha value is -3.73. The van der Waals surface area contributed by atoms with Gasteiger partial charge in [0, 0.05) is 23.8 Å². The zero-order valence-electron chi connectivity index (χ0n) is 19.0. The van der Waals surface area contributed by atoms with Crippen molar-refractivity contribution < 1.29 is 13.2 Å². The van der Waals surface area contributed by atoms with Gasteiger partial charge in [0.2, 0.25) is 0 Å². The van der Waals surface area contributed by atoms with Crippen molar-refractivity contribution in [3.63, 3.8) is 0 Å². The Balaban J connectivity index is 1.61. The van der Waals surface area contributed by atoms with E-state index in [2.05, 4.69) is 6.07 Å². The lowest BCUT2D eigenvalue weighted by Crippen LogP contribution is -2.07. The first-order valence-electron chi connectivity index (χ1n) is 10.8. The van der Waals surface area contributed by atoms with Crippen molar-refractivity contribution in [2.24, 2.45) is 0 Å². The molecule has 0 radical (unpaired) electrons. The number of thioether (sulfide) groups is 1. The number of ketones is 1. The first-order chi connectivity index (χ1) is 16.8. The summed E-state index contributed by atoms with van der Waals surface area (Å²) >= 11 is 1.25. The van der Waals surface area contributed by atoms with E-state index in [0.717, 1.165) is 34.2 Å². The van der Waals surface area contributed by atoms with Gasteiger partial charge in [-0.2, -0.15) is 5.26 Å². The van der Waals surface area contributed by atoms with Crippen LogP contribution in [0.2, 0.25) is 0 Å². The fourth-order valence-corrected chi connectivity index (χ4v) is 5.11. The Morgan fingerprint density at radius 3 is 2.09 bits per heavy atom. The van der Waals surface area contributed by atoms with Crippen LogP contribution in [0.1, 0.15) is 11.1 Å². The Labute approximate surface area is 209 Å². The molecule has 0 spiro atoms. The second kappa shape index (κ2) is 10.7. The van der Waals surface area contributed by atoms with Gasteiger partial charge >= 0.3 is 0 Å². The van der Waals surface area contributed by atoms with Gasteiger partial charge in [0.1, 0.15) is 16.9 Å². The van der Waals surface area contributed by atoms with Gasteiger partial charge in [-0.3, -0.25) is 4.79 Å². The van der Waals surface area contributed by atoms with E-state index in [-0.39, 0.29) is 22.9 Å². The molecule has 5 nitrogen and oxygen atoms in total.